The van der Waals surface area contributed by atoms with E-state index in [0.717, 1.165) is 12.1 Å². The van der Waals surface area contributed by atoms with Gasteiger partial charge < -0.3 is 9.84 Å². The first-order valence-electron chi connectivity index (χ1n) is 6.02. The van der Waals surface area contributed by atoms with Crippen LogP contribution in [0.3, 0.4) is 0 Å². The van der Waals surface area contributed by atoms with Gasteiger partial charge in [0.15, 0.2) is 5.78 Å². The first-order valence-corrected chi connectivity index (χ1v) is 7.26. The van der Waals surface area contributed by atoms with Crippen LogP contribution in [0, 0.1) is 5.82 Å². The van der Waals surface area contributed by atoms with E-state index < -0.39 is 15.8 Å². The van der Waals surface area contributed by atoms with Gasteiger partial charge in [-0.1, -0.05) is 22.6 Å². The molecule has 1 aromatic rings. The molecular weight excluding hydrogens is 380 g/mol. The highest BCUT2D eigenvalue weighted by atomic mass is 127. The minimum Gasteiger partial charge on any atom is -0.450 e. The van der Waals surface area contributed by atoms with Crippen molar-refractivity contribution in [1.82, 2.24) is 0 Å². The van der Waals surface area contributed by atoms with Crippen molar-refractivity contribution >= 4 is 40.2 Å². The van der Waals surface area contributed by atoms with Crippen LogP contribution in [0.25, 0.3) is 0 Å². The number of carbonyl (C=O) groups is 2. The van der Waals surface area contributed by atoms with Crippen molar-refractivity contribution in [2.45, 2.75) is 17.3 Å². The molecule has 110 valence electrons. The lowest BCUT2D eigenvalue weighted by molar-refractivity contribution is 0.0984. The number of nitrogens with one attached hydrogen (secondary N) is 1. The van der Waals surface area contributed by atoms with Crippen LogP contribution in [0.4, 0.5) is 14.9 Å². The second-order valence-corrected chi connectivity index (χ2v) is 5.38. The fourth-order valence-corrected chi connectivity index (χ4v) is 2.13. The van der Waals surface area contributed by atoms with Crippen molar-refractivity contribution in [2.24, 2.45) is 0 Å². The summed E-state index contributed by atoms with van der Waals surface area (Å²) >= 11 is 1.87. The Kier molecular flexibility index (Phi) is 6.86. The van der Waals surface area contributed by atoms with E-state index in [0.29, 0.717) is 0 Å². The number of anilines is 1. The maximum atomic E-state index is 13.3. The summed E-state index contributed by atoms with van der Waals surface area (Å²) in [6, 6.07) is 3.52. The molecule has 20 heavy (non-hydrogen) atoms. The summed E-state index contributed by atoms with van der Waals surface area (Å²) in [7, 11) is 0. The molecule has 1 atom stereocenters. The number of hydrogen-bond donors (Lipinski definition) is 2. The number of hydrogen-bond acceptors (Lipinski definition) is 4. The Balaban J connectivity index is 3.01. The zero-order valence-corrected chi connectivity index (χ0v) is 13.0. The number of alkyl halides is 1. The fraction of sp³-hybridized carbons (Fsp3) is 0.385. The van der Waals surface area contributed by atoms with Crippen molar-refractivity contribution in [1.29, 1.82) is 0 Å². The van der Waals surface area contributed by atoms with Gasteiger partial charge in [0.05, 0.1) is 16.2 Å². The number of benzene rings is 1. The molecule has 1 aromatic carbocycles. The fourth-order valence-electron chi connectivity index (χ4n) is 1.52. The van der Waals surface area contributed by atoms with Crippen molar-refractivity contribution in [3.63, 3.8) is 0 Å². The highest BCUT2D eigenvalue weighted by molar-refractivity contribution is 14.1. The molecular formula is C13H15FINO4. The number of Topliss-reactive ketones (excluding diaryl/α,β-unsaturated/α-hetero) is 1. The summed E-state index contributed by atoms with van der Waals surface area (Å²) < 4.78 is 17.5. The quantitative estimate of drug-likeness (QED) is 0.441. The third kappa shape index (κ3) is 4.71. The normalized spacial score (nSPS) is 11.8. The maximum Gasteiger partial charge on any atom is 0.411 e. The van der Waals surface area contributed by atoms with Crippen LogP contribution >= 0.6 is 22.6 Å². The number of halogens is 2. The Morgan fingerprint density at radius 1 is 1.50 bits per heavy atom. The lowest BCUT2D eigenvalue weighted by Gasteiger charge is -2.13. The highest BCUT2D eigenvalue weighted by Gasteiger charge is 2.21. The average Bonchev–Trinajstić information content (AvgIpc) is 2.40. The zero-order valence-electron chi connectivity index (χ0n) is 10.9. The molecule has 0 aliphatic rings. The summed E-state index contributed by atoms with van der Waals surface area (Å²) in [5.74, 6) is -0.929. The number of rotatable bonds is 6. The second kappa shape index (κ2) is 8.15. The minimum absolute atomic E-state index is 0.0610. The molecule has 1 amide bonds. The van der Waals surface area contributed by atoms with Gasteiger partial charge in [0.25, 0.3) is 0 Å². The van der Waals surface area contributed by atoms with Crippen LogP contribution in [0.2, 0.25) is 0 Å². The summed E-state index contributed by atoms with van der Waals surface area (Å²) in [4.78, 5) is 23.6. The van der Waals surface area contributed by atoms with Crippen LogP contribution in [0.15, 0.2) is 18.2 Å². The van der Waals surface area contributed by atoms with Crippen LogP contribution in [0.1, 0.15) is 23.7 Å². The van der Waals surface area contributed by atoms with E-state index in [2.05, 4.69) is 5.32 Å². The molecule has 1 rings (SSSR count). The molecule has 0 aromatic heterocycles. The van der Waals surface area contributed by atoms with Crippen LogP contribution < -0.4 is 5.32 Å². The molecule has 0 radical (unpaired) electrons. The predicted octanol–water partition coefficient (Wildman–Crippen LogP) is 2.76. The Labute approximate surface area is 129 Å². The van der Waals surface area contributed by atoms with Gasteiger partial charge in [-0.05, 0) is 31.5 Å². The van der Waals surface area contributed by atoms with Gasteiger partial charge in [-0.3, -0.25) is 10.1 Å². The topological polar surface area (TPSA) is 75.6 Å². The van der Waals surface area contributed by atoms with E-state index in [-0.39, 0.29) is 36.7 Å². The summed E-state index contributed by atoms with van der Waals surface area (Å²) in [6.45, 7) is 1.70. The standard InChI is InChI=1S/C13H15FINO4/c1-2-20-13(19)16-11-4-3-8(14)7-9(11)12(18)10(15)5-6-17/h3-4,7,10,17H,2,5-6H2,1H3,(H,16,19). The third-order valence-electron chi connectivity index (χ3n) is 2.43. The number of aliphatic hydroxyl groups is 1. The van der Waals surface area contributed by atoms with E-state index in [1.54, 1.807) is 6.92 Å². The first-order chi connectivity index (χ1) is 9.49. The Morgan fingerprint density at radius 2 is 2.20 bits per heavy atom. The molecule has 1 unspecified atom stereocenters. The summed E-state index contributed by atoms with van der Waals surface area (Å²) in [5.41, 5.74) is 0.250. The lowest BCUT2D eigenvalue weighted by Crippen LogP contribution is -2.20. The van der Waals surface area contributed by atoms with Crippen molar-refractivity contribution in [2.75, 3.05) is 18.5 Å². The number of aliphatic hydroxyl groups excluding tert-OH is 1. The molecule has 5 nitrogen and oxygen atoms in total. The monoisotopic (exact) mass is 395 g/mol. The minimum atomic E-state index is -0.708. The van der Waals surface area contributed by atoms with Crippen LogP contribution in [-0.4, -0.2) is 34.1 Å². The van der Waals surface area contributed by atoms with E-state index in [4.69, 9.17) is 9.84 Å². The van der Waals surface area contributed by atoms with Crippen molar-refractivity contribution in [3.05, 3.63) is 29.6 Å². The van der Waals surface area contributed by atoms with Gasteiger partial charge in [0.2, 0.25) is 0 Å². The molecule has 0 saturated heterocycles. The Bertz CT molecular complexity index is 495. The van der Waals surface area contributed by atoms with E-state index in [1.165, 1.54) is 6.07 Å². The molecule has 7 heteroatoms. The summed E-state index contributed by atoms with van der Waals surface area (Å²) in [6.07, 6.45) is -0.449. The molecule has 0 fully saturated rings. The molecule has 2 N–H and O–H groups in total. The number of carbonyl (C=O) groups excluding carboxylic acids is 2. The average molecular weight is 395 g/mol. The molecule has 0 aliphatic carbocycles. The van der Waals surface area contributed by atoms with Crippen LogP contribution in [-0.2, 0) is 4.74 Å². The third-order valence-corrected chi connectivity index (χ3v) is 3.61. The first kappa shape index (κ1) is 16.8. The zero-order chi connectivity index (χ0) is 15.1. The van der Waals surface area contributed by atoms with Gasteiger partial charge in [-0.25, -0.2) is 9.18 Å². The van der Waals surface area contributed by atoms with E-state index in [9.17, 15) is 14.0 Å². The second-order valence-electron chi connectivity index (χ2n) is 3.88. The number of ether oxygens (including phenoxy) is 1. The van der Waals surface area contributed by atoms with Gasteiger partial charge in [0.1, 0.15) is 5.82 Å². The van der Waals surface area contributed by atoms with Crippen LogP contribution in [0.5, 0.6) is 0 Å². The molecule has 0 heterocycles. The van der Waals surface area contributed by atoms with Crippen molar-refractivity contribution in [3.8, 4) is 0 Å². The van der Waals surface area contributed by atoms with E-state index in [1.807, 2.05) is 22.6 Å². The van der Waals surface area contributed by atoms with Gasteiger partial charge >= 0.3 is 6.09 Å². The Hall–Kier alpha value is -1.22. The largest absolute Gasteiger partial charge is 0.450 e. The summed E-state index contributed by atoms with van der Waals surface area (Å²) in [5, 5.41) is 11.3. The SMILES string of the molecule is CCOC(=O)Nc1ccc(F)cc1C(=O)C(I)CCO. The Morgan fingerprint density at radius 3 is 2.80 bits per heavy atom. The van der Waals surface area contributed by atoms with Gasteiger partial charge in [-0.15, -0.1) is 0 Å². The van der Waals surface area contributed by atoms with E-state index >= 15 is 0 Å². The lowest BCUT2D eigenvalue weighted by atomic mass is 10.0. The predicted molar refractivity (Wildman–Crippen MR) is 80.9 cm³/mol. The number of amides is 1. The van der Waals surface area contributed by atoms with Gasteiger partial charge in [-0.2, -0.15) is 0 Å². The molecule has 0 saturated carbocycles. The smallest absolute Gasteiger partial charge is 0.411 e. The highest BCUT2D eigenvalue weighted by Crippen LogP contribution is 2.23. The maximum absolute atomic E-state index is 13.3. The molecule has 0 aliphatic heterocycles. The van der Waals surface area contributed by atoms with Gasteiger partial charge in [0, 0.05) is 12.2 Å². The molecule has 0 spiro atoms. The number of ketones is 1. The van der Waals surface area contributed by atoms with Crippen molar-refractivity contribution < 1.29 is 23.8 Å². The molecule has 0 bridgehead atoms.